The second kappa shape index (κ2) is 5.71. The van der Waals surface area contributed by atoms with Gasteiger partial charge in [-0.1, -0.05) is 6.07 Å². The number of nitrogens with zero attached hydrogens (tertiary/aromatic N) is 1. The Kier molecular flexibility index (Phi) is 4.24. The zero-order chi connectivity index (χ0) is 13.1. The van der Waals surface area contributed by atoms with Gasteiger partial charge in [0.2, 0.25) is 0 Å². The predicted octanol–water partition coefficient (Wildman–Crippen LogP) is 2.52. The van der Waals surface area contributed by atoms with Gasteiger partial charge >= 0.3 is 5.97 Å². The van der Waals surface area contributed by atoms with E-state index in [9.17, 15) is 4.79 Å². The van der Waals surface area contributed by atoms with Gasteiger partial charge in [-0.15, -0.1) is 0 Å². The molecule has 0 saturated carbocycles. The molecule has 2 rings (SSSR count). The Balaban J connectivity index is 2.21. The third kappa shape index (κ3) is 2.84. The normalized spacial score (nSPS) is 17.6. The van der Waals surface area contributed by atoms with Gasteiger partial charge in [-0.3, -0.25) is 4.79 Å². The summed E-state index contributed by atoms with van der Waals surface area (Å²) in [6, 6.07) is 4.60. The number of carboxylic acids is 1. The summed E-state index contributed by atoms with van der Waals surface area (Å²) in [5, 5.41) is 8.89. The SMILES string of the molecule is NC(C(=O)O)c1ccc(N2CCCCC2)c(Br)c1. The first kappa shape index (κ1) is 13.4. The number of anilines is 1. The van der Waals surface area contributed by atoms with E-state index in [0.717, 1.165) is 23.2 Å². The van der Waals surface area contributed by atoms with Crippen LogP contribution in [-0.4, -0.2) is 24.2 Å². The maximum Gasteiger partial charge on any atom is 0.325 e. The number of carboxylic acid groups (broad SMARTS) is 1. The molecule has 98 valence electrons. The van der Waals surface area contributed by atoms with Crippen LogP contribution in [-0.2, 0) is 4.79 Å². The number of aliphatic carboxylic acids is 1. The standard InChI is InChI=1S/C13H17BrN2O2/c14-10-8-9(12(15)13(17)18)4-5-11(10)16-6-2-1-3-7-16/h4-5,8,12H,1-3,6-7,15H2,(H,17,18). The largest absolute Gasteiger partial charge is 0.480 e. The molecule has 1 fully saturated rings. The summed E-state index contributed by atoms with van der Waals surface area (Å²) >= 11 is 3.51. The van der Waals surface area contributed by atoms with Crippen molar-refractivity contribution in [1.29, 1.82) is 0 Å². The highest BCUT2D eigenvalue weighted by Gasteiger charge is 2.18. The Hall–Kier alpha value is -1.07. The van der Waals surface area contributed by atoms with Crippen LogP contribution in [0.5, 0.6) is 0 Å². The molecule has 0 aromatic heterocycles. The van der Waals surface area contributed by atoms with E-state index in [1.165, 1.54) is 19.3 Å². The molecule has 0 amide bonds. The Morgan fingerprint density at radius 3 is 2.56 bits per heavy atom. The average molecular weight is 313 g/mol. The Morgan fingerprint density at radius 1 is 1.33 bits per heavy atom. The van der Waals surface area contributed by atoms with E-state index in [1.807, 2.05) is 12.1 Å². The monoisotopic (exact) mass is 312 g/mol. The van der Waals surface area contributed by atoms with E-state index < -0.39 is 12.0 Å². The number of piperidine rings is 1. The minimum Gasteiger partial charge on any atom is -0.480 e. The van der Waals surface area contributed by atoms with Gasteiger partial charge in [0, 0.05) is 17.6 Å². The second-order valence-corrected chi connectivity index (χ2v) is 5.43. The molecule has 3 N–H and O–H groups in total. The summed E-state index contributed by atoms with van der Waals surface area (Å²) in [6.45, 7) is 2.12. The first-order valence-electron chi connectivity index (χ1n) is 6.12. The molecule has 1 heterocycles. The van der Waals surface area contributed by atoms with E-state index >= 15 is 0 Å². The lowest BCUT2D eigenvalue weighted by Gasteiger charge is -2.30. The average Bonchev–Trinajstić information content (AvgIpc) is 2.38. The second-order valence-electron chi connectivity index (χ2n) is 4.57. The van der Waals surface area contributed by atoms with Gasteiger partial charge in [0.05, 0.1) is 5.69 Å². The van der Waals surface area contributed by atoms with Gasteiger partial charge in [0.25, 0.3) is 0 Å². The molecule has 5 heteroatoms. The molecule has 1 aliphatic heterocycles. The molecule has 0 aliphatic carbocycles. The third-order valence-electron chi connectivity index (χ3n) is 3.29. The molecule has 1 aromatic carbocycles. The van der Waals surface area contributed by atoms with Crippen molar-refractivity contribution in [1.82, 2.24) is 0 Å². The molecule has 1 unspecified atom stereocenters. The van der Waals surface area contributed by atoms with Crippen molar-refractivity contribution in [2.75, 3.05) is 18.0 Å². The van der Waals surface area contributed by atoms with Gasteiger partial charge in [0.1, 0.15) is 6.04 Å². The fourth-order valence-corrected chi connectivity index (χ4v) is 2.90. The molecular formula is C13H17BrN2O2. The third-order valence-corrected chi connectivity index (χ3v) is 3.93. The Bertz CT molecular complexity index is 445. The van der Waals surface area contributed by atoms with Crippen LogP contribution in [0.4, 0.5) is 5.69 Å². The summed E-state index contributed by atoms with van der Waals surface area (Å²) in [5.41, 5.74) is 7.34. The fourth-order valence-electron chi connectivity index (χ4n) is 2.25. The van der Waals surface area contributed by atoms with Crippen molar-refractivity contribution in [3.63, 3.8) is 0 Å². The first-order valence-corrected chi connectivity index (χ1v) is 6.91. The highest BCUT2D eigenvalue weighted by atomic mass is 79.9. The Morgan fingerprint density at radius 2 is 2.00 bits per heavy atom. The van der Waals surface area contributed by atoms with Crippen LogP contribution in [0.1, 0.15) is 30.9 Å². The van der Waals surface area contributed by atoms with Crippen LogP contribution >= 0.6 is 15.9 Å². The number of benzene rings is 1. The van der Waals surface area contributed by atoms with Gasteiger partial charge in [-0.2, -0.15) is 0 Å². The number of hydrogen-bond acceptors (Lipinski definition) is 3. The number of halogens is 1. The maximum atomic E-state index is 10.8. The minimum absolute atomic E-state index is 0.620. The number of hydrogen-bond donors (Lipinski definition) is 2. The molecular weight excluding hydrogens is 296 g/mol. The van der Waals surface area contributed by atoms with Crippen LogP contribution in [0.3, 0.4) is 0 Å². The predicted molar refractivity (Wildman–Crippen MR) is 74.8 cm³/mol. The highest BCUT2D eigenvalue weighted by molar-refractivity contribution is 9.10. The molecule has 1 saturated heterocycles. The van der Waals surface area contributed by atoms with E-state index in [0.29, 0.717) is 5.56 Å². The molecule has 0 spiro atoms. The lowest BCUT2D eigenvalue weighted by Crippen LogP contribution is -2.29. The fraction of sp³-hybridized carbons (Fsp3) is 0.462. The smallest absolute Gasteiger partial charge is 0.325 e. The van der Waals surface area contributed by atoms with Crippen molar-refractivity contribution >= 4 is 27.6 Å². The maximum absolute atomic E-state index is 10.8. The zero-order valence-corrected chi connectivity index (χ0v) is 11.7. The lowest BCUT2D eigenvalue weighted by molar-refractivity contribution is -0.138. The van der Waals surface area contributed by atoms with Crippen molar-refractivity contribution in [3.8, 4) is 0 Å². The van der Waals surface area contributed by atoms with Gasteiger partial charge in [-0.25, -0.2) is 0 Å². The van der Waals surface area contributed by atoms with Crippen LogP contribution in [0, 0.1) is 0 Å². The molecule has 4 nitrogen and oxygen atoms in total. The highest BCUT2D eigenvalue weighted by Crippen LogP contribution is 2.30. The summed E-state index contributed by atoms with van der Waals surface area (Å²) in [7, 11) is 0. The minimum atomic E-state index is -1.01. The molecule has 0 bridgehead atoms. The first-order chi connectivity index (χ1) is 8.59. The topological polar surface area (TPSA) is 66.6 Å². The van der Waals surface area contributed by atoms with Gasteiger partial charge in [0.15, 0.2) is 0 Å². The van der Waals surface area contributed by atoms with Crippen LogP contribution in [0.25, 0.3) is 0 Å². The molecule has 18 heavy (non-hydrogen) atoms. The Labute approximate surface area is 115 Å². The number of rotatable bonds is 3. The summed E-state index contributed by atoms with van der Waals surface area (Å²) in [4.78, 5) is 13.2. The van der Waals surface area contributed by atoms with Crippen molar-refractivity contribution < 1.29 is 9.90 Å². The van der Waals surface area contributed by atoms with Crippen molar-refractivity contribution in [2.24, 2.45) is 5.73 Å². The molecule has 1 atom stereocenters. The summed E-state index contributed by atoms with van der Waals surface area (Å²) in [6.07, 6.45) is 3.71. The molecule has 1 aliphatic rings. The van der Waals surface area contributed by atoms with E-state index in [1.54, 1.807) is 6.07 Å². The summed E-state index contributed by atoms with van der Waals surface area (Å²) < 4.78 is 0.915. The van der Waals surface area contributed by atoms with E-state index in [2.05, 4.69) is 20.8 Å². The number of nitrogens with two attached hydrogens (primary N) is 1. The summed E-state index contributed by atoms with van der Waals surface area (Å²) in [5.74, 6) is -1.01. The van der Waals surface area contributed by atoms with Crippen LogP contribution < -0.4 is 10.6 Å². The lowest BCUT2D eigenvalue weighted by atomic mass is 10.1. The van der Waals surface area contributed by atoms with E-state index in [-0.39, 0.29) is 0 Å². The van der Waals surface area contributed by atoms with Crippen molar-refractivity contribution in [2.45, 2.75) is 25.3 Å². The van der Waals surface area contributed by atoms with E-state index in [4.69, 9.17) is 10.8 Å². The van der Waals surface area contributed by atoms with Gasteiger partial charge < -0.3 is 15.7 Å². The van der Waals surface area contributed by atoms with Gasteiger partial charge in [-0.05, 0) is 52.9 Å². The van der Waals surface area contributed by atoms with Crippen molar-refractivity contribution in [3.05, 3.63) is 28.2 Å². The quantitative estimate of drug-likeness (QED) is 0.900. The zero-order valence-electron chi connectivity index (χ0n) is 10.1. The molecule has 0 radical (unpaired) electrons. The molecule has 1 aromatic rings. The van der Waals surface area contributed by atoms with Crippen LogP contribution in [0.2, 0.25) is 0 Å². The van der Waals surface area contributed by atoms with Crippen LogP contribution in [0.15, 0.2) is 22.7 Å². The number of carbonyl (C=O) groups is 1.